The molecule has 8 N–H and O–H groups in total. The van der Waals surface area contributed by atoms with E-state index in [0.29, 0.717) is 40.7 Å². The quantitative estimate of drug-likeness (QED) is 0.0424. The normalized spacial score (nSPS) is 20.2. The Morgan fingerprint density at radius 1 is 0.744 bits per heavy atom. The highest BCUT2D eigenvalue weighted by Gasteiger charge is 2.30. The summed E-state index contributed by atoms with van der Waals surface area (Å²) >= 11 is 3.18. The first-order valence-electron chi connectivity index (χ1n) is 27.6. The van der Waals surface area contributed by atoms with E-state index in [-0.39, 0.29) is 42.1 Å². The van der Waals surface area contributed by atoms with E-state index in [9.17, 15) is 36.7 Å². The molecule has 5 aliphatic heterocycles. The maximum absolute atomic E-state index is 13.7. The Labute approximate surface area is 490 Å². The Morgan fingerprint density at radius 3 is 1.66 bits per heavy atom. The molecule has 4 saturated heterocycles. The Hall–Kier alpha value is -4.77. The first kappa shape index (κ1) is 73.3. The monoisotopic (exact) mass is 1240 g/mol. The van der Waals surface area contributed by atoms with Crippen molar-refractivity contribution in [2.45, 2.75) is 123 Å². The molecule has 468 valence electrons. The molecule has 4 fully saturated rings. The van der Waals surface area contributed by atoms with Crippen LogP contribution in [0.2, 0.25) is 0 Å². The number of alkyl halides is 4. The summed E-state index contributed by atoms with van der Waals surface area (Å²) in [5.41, 5.74) is 9.08. The fraction of sp³-hybridized carbons (Fsp3) is 0.696. The lowest BCUT2D eigenvalue weighted by Crippen LogP contribution is -2.40. The summed E-state index contributed by atoms with van der Waals surface area (Å²) in [6.07, 6.45) is -0.657. The van der Waals surface area contributed by atoms with Gasteiger partial charge in [0.2, 0.25) is 6.29 Å². The number of ether oxygens (including phenoxy) is 6. The third-order valence-corrected chi connectivity index (χ3v) is 13.0. The number of hydrogen-bond donors (Lipinski definition) is 7. The van der Waals surface area contributed by atoms with Gasteiger partial charge in [0.1, 0.15) is 17.0 Å². The van der Waals surface area contributed by atoms with Crippen molar-refractivity contribution >= 4 is 63.6 Å². The Morgan fingerprint density at radius 2 is 1.23 bits per heavy atom. The second-order valence-electron chi connectivity index (χ2n) is 22.1. The summed E-state index contributed by atoms with van der Waals surface area (Å²) in [6, 6.07) is 5.12. The molecule has 26 heteroatoms. The van der Waals surface area contributed by atoms with Crippen molar-refractivity contribution in [3.05, 3.63) is 52.1 Å². The van der Waals surface area contributed by atoms with Crippen molar-refractivity contribution in [1.29, 1.82) is 0 Å². The SMILES string of the molecule is CC(C)(C)OC(=O)N[C@H]1CCNC1.COCCBr.COCCN1CC[C@H](N)C1.COCCN1CC[C@H](NC(=O)OC(C)(C)C)C1.COCCN1CC[C@H](NC(=O)c2c(C)[nH]c(/C=C3\C(=O)Nc4ccc(F)cc43)c2C)C1.O=CC(F)(F)F. The molecule has 1 aromatic carbocycles. The summed E-state index contributed by atoms with van der Waals surface area (Å²) in [7, 11) is 6.80. The van der Waals surface area contributed by atoms with Crippen molar-refractivity contribution in [3.8, 4) is 0 Å². The highest BCUT2D eigenvalue weighted by molar-refractivity contribution is 9.09. The van der Waals surface area contributed by atoms with Gasteiger partial charge in [0, 0.05) is 139 Å². The molecule has 0 radical (unpaired) electrons. The van der Waals surface area contributed by atoms with Crippen molar-refractivity contribution in [3.63, 3.8) is 0 Å². The smallest absolute Gasteiger partial charge is 0.444 e. The summed E-state index contributed by atoms with van der Waals surface area (Å²) < 4.78 is 75.1. The van der Waals surface area contributed by atoms with Crippen LogP contribution in [0.5, 0.6) is 0 Å². The molecule has 21 nitrogen and oxygen atoms in total. The van der Waals surface area contributed by atoms with E-state index >= 15 is 0 Å². The third-order valence-electron chi connectivity index (χ3n) is 12.7. The van der Waals surface area contributed by atoms with Crippen molar-refractivity contribution in [2.24, 2.45) is 5.73 Å². The highest BCUT2D eigenvalue weighted by Crippen LogP contribution is 2.34. The van der Waals surface area contributed by atoms with Crippen LogP contribution in [0, 0.1) is 19.7 Å². The van der Waals surface area contributed by atoms with Gasteiger partial charge < -0.3 is 65.7 Å². The summed E-state index contributed by atoms with van der Waals surface area (Å²) in [6.45, 7) is 28.3. The number of carbonyl (C=O) groups excluding carboxylic acids is 5. The maximum Gasteiger partial charge on any atom is 0.446 e. The van der Waals surface area contributed by atoms with Crippen LogP contribution in [0.1, 0.15) is 100 Å². The second-order valence-corrected chi connectivity index (χ2v) is 22.9. The number of carbonyl (C=O) groups is 5. The fourth-order valence-electron chi connectivity index (χ4n) is 8.80. The Balaban J connectivity index is 0.000000380. The molecule has 0 bridgehead atoms. The first-order valence-corrected chi connectivity index (χ1v) is 28.7. The predicted octanol–water partition coefficient (Wildman–Crippen LogP) is 6.26. The topological polar surface area (TPSA) is 252 Å². The molecule has 1 aromatic heterocycles. The van der Waals surface area contributed by atoms with Gasteiger partial charge in [-0.25, -0.2) is 14.0 Å². The van der Waals surface area contributed by atoms with Gasteiger partial charge in [0.25, 0.3) is 11.8 Å². The molecule has 5 aliphatic rings. The van der Waals surface area contributed by atoms with Gasteiger partial charge in [-0.3, -0.25) is 29.1 Å². The predicted molar refractivity (Wildman–Crippen MR) is 313 cm³/mol. The van der Waals surface area contributed by atoms with Crippen molar-refractivity contribution < 1.29 is 70.0 Å². The van der Waals surface area contributed by atoms with Gasteiger partial charge >= 0.3 is 18.4 Å². The molecule has 2 aromatic rings. The van der Waals surface area contributed by atoms with E-state index in [0.717, 1.165) is 134 Å². The molecule has 0 unspecified atom stereocenters. The number of amides is 4. The molecule has 0 spiro atoms. The number of aryl methyl sites for hydroxylation is 1. The number of rotatable bonds is 16. The van der Waals surface area contributed by atoms with Gasteiger partial charge in [-0.2, -0.15) is 13.2 Å². The van der Waals surface area contributed by atoms with Crippen LogP contribution in [0.4, 0.5) is 32.8 Å². The van der Waals surface area contributed by atoms with Crippen LogP contribution in [0.3, 0.4) is 0 Å². The second kappa shape index (κ2) is 37.5. The first-order chi connectivity index (χ1) is 38.5. The number of likely N-dealkylation sites (tertiary alicyclic amines) is 3. The van der Waals surface area contributed by atoms with Gasteiger partial charge in [-0.15, -0.1) is 0 Å². The van der Waals surface area contributed by atoms with Crippen LogP contribution in [-0.4, -0.2) is 224 Å². The Bertz CT molecular complexity index is 2270. The number of halogens is 5. The molecule has 7 rings (SSSR count). The van der Waals surface area contributed by atoms with Crippen molar-refractivity contribution in [2.75, 3.05) is 138 Å². The molecular formula is C56H93BrF4N10O11. The minimum absolute atomic E-state index is 0.0929. The highest BCUT2D eigenvalue weighted by atomic mass is 79.9. The van der Waals surface area contributed by atoms with Crippen LogP contribution in [0.25, 0.3) is 11.6 Å². The number of fused-ring (bicyclic) bond motifs is 1. The molecule has 0 aliphatic carbocycles. The number of nitrogens with one attached hydrogen (secondary N) is 6. The number of nitrogens with zero attached hydrogens (tertiary/aromatic N) is 3. The number of alkyl carbamates (subject to hydrolysis) is 2. The minimum atomic E-state index is -4.64. The lowest BCUT2D eigenvalue weighted by atomic mass is 10.0. The standard InChI is InChI=1S/C23H27FN4O3.C12H24N2O3.C9H18N2O2.C7H16N2O.C3H7BrO.C2HF3O/c1-13-20(11-18-17-10-15(24)4-5-19(17)27-22(18)29)25-14(2)21(13)23(30)26-16-6-7-28(12-16)8-9-31-3;1-12(2,3)17-11(15)13-10-5-6-14(9-10)7-8-16-4;1-9(2,3)13-8(12)11-7-4-5-10-6-7;1-10-5-4-9-3-2-7(8)6-9;1-5-3-2-4;3-2(4,5)1-6/h4-5,10-11,16,25H,6-9,12H2,1-3H3,(H,26,30)(H,27,29);10H,5-9H2,1-4H3,(H,13,15);7,10H,4-6H2,1-3H3,(H,11,12);7H,2-6,8H2,1H3;2-3H2,1H3;1H/b18-11-;;;;;/t16-;10-;2*7-;;/m0000../s1. The number of hydrogen-bond acceptors (Lipinski definition) is 16. The molecular weight excluding hydrogens is 1140 g/mol. The van der Waals surface area contributed by atoms with Gasteiger partial charge in [0.15, 0.2) is 0 Å². The van der Waals surface area contributed by atoms with E-state index in [1.165, 1.54) is 12.1 Å². The van der Waals surface area contributed by atoms with E-state index in [2.05, 4.69) is 66.9 Å². The van der Waals surface area contributed by atoms with E-state index in [4.69, 9.17) is 34.2 Å². The summed E-state index contributed by atoms with van der Waals surface area (Å²) in [4.78, 5) is 67.0. The largest absolute Gasteiger partial charge is 0.446 e. The maximum atomic E-state index is 13.7. The average Bonchev–Trinajstić information content (AvgIpc) is 4.48. The number of nitrogens with two attached hydrogens (primary N) is 1. The third kappa shape index (κ3) is 30.2. The Kier molecular flexibility index (Phi) is 33.6. The van der Waals surface area contributed by atoms with Gasteiger partial charge in [-0.05, 0) is 124 Å². The zero-order chi connectivity index (χ0) is 61.6. The lowest BCUT2D eigenvalue weighted by molar-refractivity contribution is -0.156. The molecule has 0 saturated carbocycles. The molecule has 4 amide bonds. The number of anilines is 1. The number of H-pyrrole nitrogens is 1. The molecule has 82 heavy (non-hydrogen) atoms. The number of benzene rings is 1. The van der Waals surface area contributed by atoms with Crippen molar-refractivity contribution in [1.82, 2.24) is 41.0 Å². The number of aromatic nitrogens is 1. The zero-order valence-electron chi connectivity index (χ0n) is 50.1. The number of aromatic amines is 1. The van der Waals surface area contributed by atoms with Gasteiger partial charge in [0.05, 0.1) is 37.6 Å². The number of aldehydes is 1. The summed E-state index contributed by atoms with van der Waals surface area (Å²) in [5, 5.41) is 15.7. The fourth-order valence-corrected chi connectivity index (χ4v) is 9.13. The molecule has 6 heterocycles. The van der Waals surface area contributed by atoms with E-state index < -0.39 is 29.5 Å². The zero-order valence-corrected chi connectivity index (χ0v) is 51.7. The average molecular weight is 1240 g/mol. The minimum Gasteiger partial charge on any atom is -0.444 e. The number of methoxy groups -OCH3 is 4. The van der Waals surface area contributed by atoms with Gasteiger partial charge in [-0.1, -0.05) is 15.9 Å². The molecule has 4 atom stereocenters. The van der Waals surface area contributed by atoms with Crippen LogP contribution >= 0.6 is 15.9 Å². The van der Waals surface area contributed by atoms with E-state index in [1.54, 1.807) is 40.6 Å². The van der Waals surface area contributed by atoms with Crippen LogP contribution < -0.4 is 32.3 Å². The van der Waals surface area contributed by atoms with E-state index in [1.807, 2.05) is 55.4 Å². The van der Waals surface area contributed by atoms with Crippen LogP contribution in [-0.2, 0) is 38.0 Å². The lowest BCUT2D eigenvalue weighted by Gasteiger charge is -2.22. The summed E-state index contributed by atoms with van der Waals surface area (Å²) in [5.74, 6) is -0.825. The van der Waals surface area contributed by atoms with Crippen LogP contribution in [0.15, 0.2) is 18.2 Å².